The van der Waals surface area contributed by atoms with Crippen molar-refractivity contribution in [3.05, 3.63) is 259 Å². The summed E-state index contributed by atoms with van der Waals surface area (Å²) >= 11 is 0. The Balaban J connectivity index is 0.000000231. The van der Waals surface area contributed by atoms with Crippen LogP contribution in [-0.2, 0) is 40.5 Å². The molecule has 81 heavy (non-hydrogen) atoms. The third kappa shape index (κ3) is 17.5. The lowest BCUT2D eigenvalue weighted by Crippen LogP contribution is -2.09. The molecule has 0 saturated heterocycles. The van der Waals surface area contributed by atoms with Gasteiger partial charge in [-0.05, 0) is 164 Å². The summed E-state index contributed by atoms with van der Waals surface area (Å²) in [5, 5.41) is 10.4. The molecule has 0 spiro atoms. The van der Waals surface area contributed by atoms with Crippen molar-refractivity contribution in [3.8, 4) is 0 Å². The van der Waals surface area contributed by atoms with Crippen molar-refractivity contribution in [2.24, 2.45) is 0 Å². The maximum atomic E-state index is 14.6. The molecule has 0 bridgehead atoms. The SMILES string of the molecule is Cc1cc(C(=O)c2ccccc2)c(C)c(S(=O)(=O)O)c1.Cc1cc(C(F)c2ccccc2)c(C)c(S(=O)(=O)O)c1.Cc1cc(C(F)c2ccccc2)c(C)c(S(=O)(=O)O)c1.Cc1cc(C(O)c2ccccc2)c(C)c(S(=O)(=O)O)c1.[B]. The van der Waals surface area contributed by atoms with Crippen LogP contribution in [0.4, 0.5) is 8.78 Å². The monoisotopic (exact) mass is 1180 g/mol. The van der Waals surface area contributed by atoms with Gasteiger partial charge in [-0.2, -0.15) is 33.7 Å². The lowest BCUT2D eigenvalue weighted by atomic mass is 9.96. The van der Waals surface area contributed by atoms with Crippen molar-refractivity contribution in [3.63, 3.8) is 0 Å². The van der Waals surface area contributed by atoms with Crippen LogP contribution in [0, 0.1) is 55.4 Å². The fourth-order valence-electron chi connectivity index (χ4n) is 8.66. The predicted octanol–water partition coefficient (Wildman–Crippen LogP) is 12.3. The molecule has 0 aliphatic carbocycles. The number of ketones is 1. The van der Waals surface area contributed by atoms with Gasteiger partial charge in [0.15, 0.2) is 18.1 Å². The van der Waals surface area contributed by atoms with E-state index in [1.807, 2.05) is 6.07 Å². The largest absolute Gasteiger partial charge is 0.384 e. The number of hydrogen-bond donors (Lipinski definition) is 5. The Labute approximate surface area is 474 Å². The number of aliphatic hydroxyl groups excluding tert-OH is 1. The first-order valence-corrected chi connectivity index (χ1v) is 30.0. The van der Waals surface area contributed by atoms with Crippen molar-refractivity contribution in [2.45, 2.75) is 93.4 Å². The Hall–Kier alpha value is -7.05. The van der Waals surface area contributed by atoms with Crippen LogP contribution < -0.4 is 0 Å². The number of rotatable bonds is 12. The Bertz CT molecular complexity index is 3680. The van der Waals surface area contributed by atoms with Gasteiger partial charge in [-0.3, -0.25) is 23.0 Å². The maximum Gasteiger partial charge on any atom is 0.294 e. The summed E-state index contributed by atoms with van der Waals surface area (Å²) in [5.74, 6) is -0.267. The van der Waals surface area contributed by atoms with Crippen molar-refractivity contribution in [1.82, 2.24) is 0 Å². The third-order valence-corrected chi connectivity index (χ3v) is 16.6. The molecule has 8 aromatic rings. The van der Waals surface area contributed by atoms with E-state index in [9.17, 15) is 70.6 Å². The molecule has 8 rings (SSSR count). The van der Waals surface area contributed by atoms with Gasteiger partial charge in [0.2, 0.25) is 0 Å². The standard InChI is InChI=1S/2C15H15FO3S.C15H16O4S.C15H14O4S.B/c4*1-10-8-13(11(2)14(9-10)20(17,18)19)15(16)12-6-4-3-5-7-12;/h2*3-9,15H,1-2H3,(H,17,18,19);3-9,15-16H,1-2H3,(H,17,18,19);3-9H,1-2H3,(H,17,18,19);. The van der Waals surface area contributed by atoms with E-state index in [2.05, 4.69) is 0 Å². The summed E-state index contributed by atoms with van der Waals surface area (Å²) in [5.41, 5.74) is 6.80. The highest BCUT2D eigenvalue weighted by Gasteiger charge is 2.26. The Morgan fingerprint density at radius 2 is 0.630 bits per heavy atom. The number of aryl methyl sites for hydroxylation is 4. The first-order valence-electron chi connectivity index (χ1n) is 24.3. The van der Waals surface area contributed by atoms with Crippen LogP contribution in [0.3, 0.4) is 0 Å². The number of carbonyl (C=O) groups is 1. The second-order valence-electron chi connectivity index (χ2n) is 18.8. The van der Waals surface area contributed by atoms with Crippen LogP contribution in [0.2, 0.25) is 0 Å². The number of aliphatic hydroxyl groups is 1. The maximum absolute atomic E-state index is 14.6. The van der Waals surface area contributed by atoms with Crippen molar-refractivity contribution in [2.75, 3.05) is 0 Å². The smallest absolute Gasteiger partial charge is 0.294 e. The second-order valence-corrected chi connectivity index (χ2v) is 24.4. The molecule has 14 nitrogen and oxygen atoms in total. The quantitative estimate of drug-likeness (QED) is 0.0433. The number of benzene rings is 8. The fourth-order valence-corrected chi connectivity index (χ4v) is 12.0. The van der Waals surface area contributed by atoms with E-state index >= 15 is 0 Å². The van der Waals surface area contributed by atoms with E-state index < -0.39 is 58.9 Å². The van der Waals surface area contributed by atoms with Crippen LogP contribution in [0.25, 0.3) is 0 Å². The van der Waals surface area contributed by atoms with E-state index in [4.69, 9.17) is 0 Å². The fraction of sp³-hybridized carbons (Fsp3) is 0.183. The molecule has 3 unspecified atom stereocenters. The van der Waals surface area contributed by atoms with E-state index in [-0.39, 0.29) is 67.2 Å². The van der Waals surface area contributed by atoms with E-state index in [0.29, 0.717) is 55.6 Å². The topological polar surface area (TPSA) is 255 Å². The molecule has 0 amide bonds. The number of alkyl halides is 2. The van der Waals surface area contributed by atoms with Crippen molar-refractivity contribution >= 4 is 54.7 Å². The summed E-state index contributed by atoms with van der Waals surface area (Å²) in [6, 6.07) is 46.5. The lowest BCUT2D eigenvalue weighted by molar-refractivity contribution is 0.103. The minimum Gasteiger partial charge on any atom is -0.384 e. The highest BCUT2D eigenvalue weighted by Crippen LogP contribution is 2.35. The molecule has 8 aromatic carbocycles. The van der Waals surface area contributed by atoms with Gasteiger partial charge in [-0.25, -0.2) is 8.78 Å². The van der Waals surface area contributed by atoms with Crippen molar-refractivity contribution < 1.29 is 70.6 Å². The first-order chi connectivity index (χ1) is 37.2. The van der Waals surface area contributed by atoms with Crippen LogP contribution in [0.1, 0.15) is 112 Å². The van der Waals surface area contributed by atoms with Gasteiger partial charge in [-0.15, -0.1) is 0 Å². The average Bonchev–Trinajstić information content (AvgIpc) is 3.40. The summed E-state index contributed by atoms with van der Waals surface area (Å²) in [4.78, 5) is 11.5. The Morgan fingerprint density at radius 3 is 0.951 bits per heavy atom. The average molecular weight is 1180 g/mol. The van der Waals surface area contributed by atoms with E-state index in [0.717, 1.165) is 0 Å². The van der Waals surface area contributed by atoms with Gasteiger partial charge in [0, 0.05) is 19.5 Å². The summed E-state index contributed by atoms with van der Waals surface area (Å²) in [6.45, 7) is 12.8. The molecule has 0 aliphatic heterocycles. The van der Waals surface area contributed by atoms with Gasteiger partial charge in [-0.1, -0.05) is 140 Å². The normalized spacial score (nSPS) is 12.6. The Kier molecular flexibility index (Phi) is 22.7. The Morgan fingerprint density at radius 1 is 0.370 bits per heavy atom. The van der Waals surface area contributed by atoms with Crippen LogP contribution in [-0.4, -0.2) is 71.2 Å². The first kappa shape index (κ1) is 66.5. The molecule has 3 radical (unpaired) electrons. The van der Waals surface area contributed by atoms with E-state index in [1.165, 1.54) is 45.0 Å². The highest BCUT2D eigenvalue weighted by atomic mass is 32.2. The van der Waals surface area contributed by atoms with Gasteiger partial charge in [0.1, 0.15) is 6.10 Å². The number of carbonyl (C=O) groups excluding carboxylic acids is 1. The van der Waals surface area contributed by atoms with Gasteiger partial charge in [0.05, 0.1) is 19.6 Å². The van der Waals surface area contributed by atoms with Gasteiger partial charge in [0.25, 0.3) is 40.5 Å². The molecular formula is C60H60BF2O14S4. The zero-order valence-corrected chi connectivity index (χ0v) is 48.5. The van der Waals surface area contributed by atoms with Gasteiger partial charge < -0.3 is 5.11 Å². The van der Waals surface area contributed by atoms with Crippen LogP contribution >= 0.6 is 0 Å². The van der Waals surface area contributed by atoms with E-state index in [1.54, 1.807) is 174 Å². The highest BCUT2D eigenvalue weighted by molar-refractivity contribution is 7.86. The zero-order chi connectivity index (χ0) is 59.7. The molecule has 0 aromatic heterocycles. The third-order valence-electron chi connectivity index (χ3n) is 12.7. The molecule has 3 atom stereocenters. The molecule has 0 aliphatic rings. The lowest BCUT2D eigenvalue weighted by Gasteiger charge is -2.17. The zero-order valence-electron chi connectivity index (χ0n) is 45.3. The summed E-state index contributed by atoms with van der Waals surface area (Å²) < 4.78 is 157. The van der Waals surface area contributed by atoms with Gasteiger partial charge >= 0.3 is 0 Å². The molecule has 0 heterocycles. The molecule has 0 saturated carbocycles. The summed E-state index contributed by atoms with van der Waals surface area (Å²) in [7, 11) is -17.4. The molecule has 21 heteroatoms. The minimum atomic E-state index is -4.36. The second kappa shape index (κ2) is 27.6. The molecule has 0 fully saturated rings. The number of hydrogen-bond acceptors (Lipinski definition) is 10. The predicted molar refractivity (Wildman–Crippen MR) is 308 cm³/mol. The molecule has 425 valence electrons. The molecular weight excluding hydrogens is 1120 g/mol. The van der Waals surface area contributed by atoms with Crippen molar-refractivity contribution in [1.29, 1.82) is 0 Å². The van der Waals surface area contributed by atoms with Crippen LogP contribution in [0.5, 0.6) is 0 Å². The molecule has 5 N–H and O–H groups in total. The minimum absolute atomic E-state index is 0. The summed E-state index contributed by atoms with van der Waals surface area (Å²) in [6.07, 6.45) is -3.80. The van der Waals surface area contributed by atoms with Crippen LogP contribution in [0.15, 0.2) is 189 Å². The number of halogens is 2.